The second-order valence-electron chi connectivity index (χ2n) is 8.60. The van der Waals surface area contributed by atoms with Crippen molar-refractivity contribution in [2.24, 2.45) is 0 Å². The Morgan fingerprint density at radius 1 is 1.03 bits per heavy atom. The molecule has 1 aliphatic rings. The van der Waals surface area contributed by atoms with Gasteiger partial charge >= 0.3 is 0 Å². The molecular formula is C27H27NO5. The average Bonchev–Trinajstić information content (AvgIpc) is 3.30. The third-order valence-electron chi connectivity index (χ3n) is 5.58. The van der Waals surface area contributed by atoms with E-state index in [0.717, 1.165) is 11.1 Å². The summed E-state index contributed by atoms with van der Waals surface area (Å²) in [6.45, 7) is 9.40. The van der Waals surface area contributed by atoms with Crippen LogP contribution >= 0.6 is 0 Å². The molecule has 1 atom stereocenters. The van der Waals surface area contributed by atoms with Gasteiger partial charge in [0, 0.05) is 11.3 Å². The lowest BCUT2D eigenvalue weighted by atomic mass is 9.98. The number of hydrogen-bond acceptors (Lipinski definition) is 5. The van der Waals surface area contributed by atoms with Gasteiger partial charge in [-0.25, -0.2) is 0 Å². The Bertz CT molecular complexity index is 1270. The van der Waals surface area contributed by atoms with Crippen LogP contribution in [-0.4, -0.2) is 22.9 Å². The highest BCUT2D eigenvalue weighted by atomic mass is 16.5. The molecule has 1 unspecified atom stereocenters. The number of aliphatic hydroxyl groups excluding tert-OH is 1. The lowest BCUT2D eigenvalue weighted by molar-refractivity contribution is -0.132. The Balaban J connectivity index is 1.92. The number of anilines is 1. The van der Waals surface area contributed by atoms with E-state index in [4.69, 9.17) is 9.15 Å². The number of rotatable bonds is 5. The van der Waals surface area contributed by atoms with Gasteiger partial charge in [-0.3, -0.25) is 14.5 Å². The average molecular weight is 446 g/mol. The summed E-state index contributed by atoms with van der Waals surface area (Å²) in [4.78, 5) is 28.0. The number of aryl methyl sites for hydroxylation is 3. The summed E-state index contributed by atoms with van der Waals surface area (Å²) in [7, 11) is 0. The largest absolute Gasteiger partial charge is 0.507 e. The molecule has 6 heteroatoms. The van der Waals surface area contributed by atoms with Crippen LogP contribution in [0.5, 0.6) is 5.75 Å². The van der Waals surface area contributed by atoms with E-state index in [-0.39, 0.29) is 17.4 Å². The predicted octanol–water partition coefficient (Wildman–Crippen LogP) is 5.62. The lowest BCUT2D eigenvalue weighted by Crippen LogP contribution is -2.30. The number of hydrogen-bond donors (Lipinski definition) is 1. The molecule has 6 nitrogen and oxygen atoms in total. The highest BCUT2D eigenvalue weighted by Gasteiger charge is 2.48. The molecule has 4 rings (SSSR count). The third kappa shape index (κ3) is 4.16. The van der Waals surface area contributed by atoms with Crippen molar-refractivity contribution in [2.45, 2.75) is 46.8 Å². The highest BCUT2D eigenvalue weighted by Crippen LogP contribution is 2.44. The van der Waals surface area contributed by atoms with E-state index in [1.165, 1.54) is 4.90 Å². The Kier molecular flexibility index (Phi) is 5.85. The maximum atomic E-state index is 13.3. The molecule has 0 spiro atoms. The third-order valence-corrected chi connectivity index (χ3v) is 5.58. The van der Waals surface area contributed by atoms with Gasteiger partial charge in [0.25, 0.3) is 11.7 Å². The fourth-order valence-corrected chi connectivity index (χ4v) is 4.07. The van der Waals surface area contributed by atoms with Crippen LogP contribution in [0, 0.1) is 20.8 Å². The number of aliphatic hydroxyl groups is 1. The number of ether oxygens (including phenoxy) is 1. The molecule has 0 bridgehead atoms. The van der Waals surface area contributed by atoms with Crippen LogP contribution in [0.1, 0.15) is 48.1 Å². The van der Waals surface area contributed by atoms with Gasteiger partial charge in [-0.2, -0.15) is 0 Å². The minimum absolute atomic E-state index is 0.0167. The number of amides is 1. The fourth-order valence-electron chi connectivity index (χ4n) is 4.07. The summed E-state index contributed by atoms with van der Waals surface area (Å²) < 4.78 is 11.6. The second-order valence-corrected chi connectivity index (χ2v) is 8.60. The van der Waals surface area contributed by atoms with Gasteiger partial charge in [0.05, 0.1) is 11.7 Å². The number of ketones is 1. The summed E-state index contributed by atoms with van der Waals surface area (Å²) in [5.74, 6) is -0.133. The van der Waals surface area contributed by atoms with Crippen molar-refractivity contribution in [1.29, 1.82) is 0 Å². The Morgan fingerprint density at radius 2 is 1.79 bits per heavy atom. The quantitative estimate of drug-likeness (QED) is 0.313. The minimum Gasteiger partial charge on any atom is -0.507 e. The molecule has 1 N–H and O–H groups in total. The van der Waals surface area contributed by atoms with Crippen LogP contribution in [0.4, 0.5) is 5.69 Å². The van der Waals surface area contributed by atoms with E-state index in [2.05, 4.69) is 0 Å². The summed E-state index contributed by atoms with van der Waals surface area (Å²) >= 11 is 0. The number of Topliss-reactive ketones (excluding diaryl/α,β-unsaturated/α-hetero) is 1. The van der Waals surface area contributed by atoms with E-state index < -0.39 is 17.7 Å². The number of nitrogens with zero attached hydrogens (tertiary/aromatic N) is 1. The lowest BCUT2D eigenvalue weighted by Gasteiger charge is -2.25. The zero-order chi connectivity index (χ0) is 23.9. The number of carbonyl (C=O) groups excluding carboxylic acids is 2. The van der Waals surface area contributed by atoms with E-state index >= 15 is 0 Å². The molecule has 1 fully saturated rings. The van der Waals surface area contributed by atoms with Gasteiger partial charge in [-0.05, 0) is 76.1 Å². The molecule has 1 amide bonds. The van der Waals surface area contributed by atoms with Crippen LogP contribution in [0.25, 0.3) is 5.76 Å². The smallest absolute Gasteiger partial charge is 0.300 e. The molecule has 1 aliphatic heterocycles. The van der Waals surface area contributed by atoms with E-state index in [1.54, 1.807) is 43.3 Å². The van der Waals surface area contributed by atoms with Crippen molar-refractivity contribution < 1.29 is 23.8 Å². The van der Waals surface area contributed by atoms with Gasteiger partial charge in [0.2, 0.25) is 0 Å². The summed E-state index contributed by atoms with van der Waals surface area (Å²) in [5, 5.41) is 11.3. The SMILES string of the molecule is Cc1ccc(C)c(N2C(=O)C(=O)/C(=C(\O)c3cccc(OC(C)C)c3)C2c2ccc(C)o2)c1. The van der Waals surface area contributed by atoms with E-state index in [9.17, 15) is 14.7 Å². The first-order valence-electron chi connectivity index (χ1n) is 10.9. The monoisotopic (exact) mass is 445 g/mol. The first-order valence-corrected chi connectivity index (χ1v) is 10.9. The van der Waals surface area contributed by atoms with Crippen LogP contribution < -0.4 is 9.64 Å². The molecule has 2 aromatic carbocycles. The Hall–Kier alpha value is -3.80. The number of furan rings is 1. The minimum atomic E-state index is -0.895. The normalized spacial score (nSPS) is 17.8. The van der Waals surface area contributed by atoms with Gasteiger partial charge in [0.15, 0.2) is 0 Å². The predicted molar refractivity (Wildman–Crippen MR) is 126 cm³/mol. The molecule has 2 heterocycles. The van der Waals surface area contributed by atoms with Crippen LogP contribution in [0.3, 0.4) is 0 Å². The molecule has 170 valence electrons. The fraction of sp³-hybridized carbons (Fsp3) is 0.259. The van der Waals surface area contributed by atoms with Crippen molar-refractivity contribution in [3.63, 3.8) is 0 Å². The Morgan fingerprint density at radius 3 is 2.45 bits per heavy atom. The molecule has 0 radical (unpaired) electrons. The van der Waals surface area contributed by atoms with Crippen molar-refractivity contribution in [2.75, 3.05) is 4.90 Å². The van der Waals surface area contributed by atoms with Crippen molar-refractivity contribution in [3.8, 4) is 5.75 Å². The van der Waals surface area contributed by atoms with Crippen LogP contribution in [0.2, 0.25) is 0 Å². The first kappa shape index (κ1) is 22.4. The number of benzene rings is 2. The van der Waals surface area contributed by atoms with Gasteiger partial charge < -0.3 is 14.3 Å². The van der Waals surface area contributed by atoms with Crippen molar-refractivity contribution >= 4 is 23.1 Å². The Labute approximate surface area is 193 Å². The van der Waals surface area contributed by atoms with Crippen LogP contribution in [-0.2, 0) is 9.59 Å². The molecular weight excluding hydrogens is 418 g/mol. The summed E-state index contributed by atoms with van der Waals surface area (Å²) in [6.07, 6.45) is -0.0524. The molecule has 1 aromatic heterocycles. The molecule has 0 saturated carbocycles. The first-order chi connectivity index (χ1) is 15.7. The summed E-state index contributed by atoms with van der Waals surface area (Å²) in [5.41, 5.74) is 2.76. The van der Waals surface area contributed by atoms with E-state index in [1.807, 2.05) is 45.9 Å². The topological polar surface area (TPSA) is 80.0 Å². The standard InChI is InChI=1S/C27H27NO5/c1-15(2)32-20-8-6-7-19(14-20)25(29)23-24(22-12-11-18(5)33-22)28(27(31)26(23)30)21-13-16(3)9-10-17(21)4/h6-15,24,29H,1-5H3/b25-23-. The number of carbonyl (C=O) groups is 2. The molecule has 3 aromatic rings. The van der Waals surface area contributed by atoms with Crippen molar-refractivity contribution in [1.82, 2.24) is 0 Å². The zero-order valence-corrected chi connectivity index (χ0v) is 19.4. The van der Waals surface area contributed by atoms with Gasteiger partial charge in [-0.15, -0.1) is 0 Å². The molecule has 0 aliphatic carbocycles. The van der Waals surface area contributed by atoms with Crippen LogP contribution in [0.15, 0.2) is 64.6 Å². The van der Waals surface area contributed by atoms with Crippen molar-refractivity contribution in [3.05, 3.63) is 88.4 Å². The van der Waals surface area contributed by atoms with Gasteiger partial charge in [0.1, 0.15) is 29.1 Å². The molecule has 33 heavy (non-hydrogen) atoms. The van der Waals surface area contributed by atoms with E-state index in [0.29, 0.717) is 28.5 Å². The maximum Gasteiger partial charge on any atom is 0.300 e. The van der Waals surface area contributed by atoms with Gasteiger partial charge in [-0.1, -0.05) is 24.3 Å². The maximum absolute atomic E-state index is 13.3. The zero-order valence-electron chi connectivity index (χ0n) is 19.4. The molecule has 1 saturated heterocycles. The highest BCUT2D eigenvalue weighted by molar-refractivity contribution is 6.51. The second kappa shape index (κ2) is 8.62. The summed E-state index contributed by atoms with van der Waals surface area (Å²) in [6, 6.07) is 15.2.